The van der Waals surface area contributed by atoms with Crippen molar-refractivity contribution < 1.29 is 13.9 Å². The number of esters is 1. The molecule has 0 aliphatic heterocycles. The smallest absolute Gasteiger partial charge is 0.338 e. The first-order valence-electron chi connectivity index (χ1n) is 6.08. The summed E-state index contributed by atoms with van der Waals surface area (Å²) in [6, 6.07) is 7.18. The van der Waals surface area contributed by atoms with E-state index in [1.54, 1.807) is 18.2 Å². The second-order valence-electron chi connectivity index (χ2n) is 4.61. The fourth-order valence-electron chi connectivity index (χ4n) is 2.16. The molecule has 2 atom stereocenters. The Morgan fingerprint density at radius 1 is 1.35 bits per heavy atom. The average Bonchev–Trinajstić information content (AvgIpc) is 2.32. The van der Waals surface area contributed by atoms with Gasteiger partial charge >= 0.3 is 5.97 Å². The molecule has 0 aromatic heterocycles. The van der Waals surface area contributed by atoms with Crippen LogP contribution in [0.25, 0.3) is 0 Å². The van der Waals surface area contributed by atoms with Crippen LogP contribution in [0.3, 0.4) is 0 Å². The number of carbonyl (C=O) groups is 1. The molecule has 0 bridgehead atoms. The lowest BCUT2D eigenvalue weighted by molar-refractivity contribution is -0.00787. The van der Waals surface area contributed by atoms with Gasteiger partial charge in [-0.05, 0) is 38.3 Å². The summed E-state index contributed by atoms with van der Waals surface area (Å²) in [4.78, 5) is 11.8. The van der Waals surface area contributed by atoms with E-state index >= 15 is 0 Å². The van der Waals surface area contributed by atoms with E-state index in [9.17, 15) is 9.18 Å². The molecule has 1 aliphatic carbocycles. The van der Waals surface area contributed by atoms with Crippen LogP contribution in [0.1, 0.15) is 41.6 Å². The molecule has 2 rings (SSSR count). The molecule has 0 unspecified atom stereocenters. The Balaban J connectivity index is 2.01. The van der Waals surface area contributed by atoms with Crippen molar-refractivity contribution in [1.82, 2.24) is 0 Å². The standard InChI is InChI=1S/C14H17FO2/c1-10-5-4-6-11(9-10)14(16)17-13-8-3-2-7-12(13)15/h4-6,9,12-13H,2-3,7-8H2,1H3/t12-,13-/m0/s1. The molecule has 1 aromatic rings. The minimum absolute atomic E-state index is 0.414. The minimum Gasteiger partial charge on any atom is -0.456 e. The van der Waals surface area contributed by atoms with Crippen LogP contribution in [0.15, 0.2) is 24.3 Å². The van der Waals surface area contributed by atoms with Gasteiger partial charge in [0.1, 0.15) is 12.3 Å². The van der Waals surface area contributed by atoms with E-state index in [-0.39, 0.29) is 0 Å². The molecule has 92 valence electrons. The summed E-state index contributed by atoms with van der Waals surface area (Å²) >= 11 is 0. The zero-order valence-electron chi connectivity index (χ0n) is 9.99. The lowest BCUT2D eigenvalue weighted by atomic mass is 9.96. The molecule has 2 nitrogen and oxygen atoms in total. The number of alkyl halides is 1. The number of benzene rings is 1. The summed E-state index contributed by atoms with van der Waals surface area (Å²) in [7, 11) is 0. The topological polar surface area (TPSA) is 26.3 Å². The molecule has 0 N–H and O–H groups in total. The number of halogens is 1. The van der Waals surface area contributed by atoms with Crippen LogP contribution in [0.5, 0.6) is 0 Å². The van der Waals surface area contributed by atoms with E-state index in [0.717, 1.165) is 18.4 Å². The first-order chi connectivity index (χ1) is 8.16. The molecule has 1 fully saturated rings. The maximum Gasteiger partial charge on any atom is 0.338 e. The Morgan fingerprint density at radius 2 is 2.12 bits per heavy atom. The van der Waals surface area contributed by atoms with Crippen LogP contribution in [0.2, 0.25) is 0 Å². The van der Waals surface area contributed by atoms with Gasteiger partial charge in [-0.1, -0.05) is 24.1 Å². The summed E-state index contributed by atoms with van der Waals surface area (Å²) in [5.74, 6) is -0.414. The van der Waals surface area contributed by atoms with Gasteiger partial charge in [-0.3, -0.25) is 0 Å². The van der Waals surface area contributed by atoms with E-state index in [4.69, 9.17) is 4.74 Å². The van der Waals surface area contributed by atoms with Gasteiger partial charge in [0.25, 0.3) is 0 Å². The van der Waals surface area contributed by atoms with Crippen LogP contribution in [0, 0.1) is 6.92 Å². The Bertz CT molecular complexity index is 403. The quantitative estimate of drug-likeness (QED) is 0.735. The van der Waals surface area contributed by atoms with Crippen molar-refractivity contribution in [3.63, 3.8) is 0 Å². The number of hydrogen-bond donors (Lipinski definition) is 0. The van der Waals surface area contributed by atoms with Crippen LogP contribution in [-0.2, 0) is 4.74 Å². The van der Waals surface area contributed by atoms with Crippen molar-refractivity contribution in [2.24, 2.45) is 0 Å². The van der Waals surface area contributed by atoms with Crippen LogP contribution >= 0.6 is 0 Å². The first kappa shape index (κ1) is 12.1. The Kier molecular flexibility index (Phi) is 3.77. The second kappa shape index (κ2) is 5.30. The largest absolute Gasteiger partial charge is 0.456 e. The lowest BCUT2D eigenvalue weighted by Gasteiger charge is -2.25. The third-order valence-corrected chi connectivity index (χ3v) is 3.13. The highest BCUT2D eigenvalue weighted by Gasteiger charge is 2.28. The number of aryl methyl sites for hydroxylation is 1. The first-order valence-corrected chi connectivity index (χ1v) is 6.08. The van der Waals surface area contributed by atoms with Crippen molar-refractivity contribution in [2.75, 3.05) is 0 Å². The number of ether oxygens (including phenoxy) is 1. The zero-order valence-corrected chi connectivity index (χ0v) is 9.99. The van der Waals surface area contributed by atoms with Crippen molar-refractivity contribution in [3.05, 3.63) is 35.4 Å². The van der Waals surface area contributed by atoms with Crippen LogP contribution in [-0.4, -0.2) is 18.2 Å². The van der Waals surface area contributed by atoms with Crippen molar-refractivity contribution in [1.29, 1.82) is 0 Å². The molecular weight excluding hydrogens is 219 g/mol. The van der Waals surface area contributed by atoms with Gasteiger partial charge in [-0.2, -0.15) is 0 Å². The number of hydrogen-bond acceptors (Lipinski definition) is 2. The van der Waals surface area contributed by atoms with Gasteiger partial charge in [0.2, 0.25) is 0 Å². The van der Waals surface area contributed by atoms with Gasteiger partial charge in [0.15, 0.2) is 0 Å². The third kappa shape index (κ3) is 3.05. The molecule has 3 heteroatoms. The maximum atomic E-state index is 13.5. The van der Waals surface area contributed by atoms with Gasteiger partial charge in [-0.25, -0.2) is 9.18 Å². The highest BCUT2D eigenvalue weighted by atomic mass is 19.1. The average molecular weight is 236 g/mol. The van der Waals surface area contributed by atoms with E-state index in [0.29, 0.717) is 18.4 Å². The predicted molar refractivity (Wildman–Crippen MR) is 63.7 cm³/mol. The molecule has 1 saturated carbocycles. The van der Waals surface area contributed by atoms with Crippen molar-refractivity contribution in [3.8, 4) is 0 Å². The van der Waals surface area contributed by atoms with Gasteiger partial charge in [0, 0.05) is 0 Å². The predicted octanol–water partition coefficient (Wildman–Crippen LogP) is 3.43. The lowest BCUT2D eigenvalue weighted by Crippen LogP contribution is -2.31. The Labute approximate surface area is 101 Å². The molecule has 17 heavy (non-hydrogen) atoms. The zero-order chi connectivity index (χ0) is 12.3. The minimum atomic E-state index is -1.00. The summed E-state index contributed by atoms with van der Waals surface area (Å²) in [6.45, 7) is 1.91. The maximum absolute atomic E-state index is 13.5. The van der Waals surface area contributed by atoms with E-state index in [2.05, 4.69) is 0 Å². The highest BCUT2D eigenvalue weighted by molar-refractivity contribution is 5.89. The fourth-order valence-corrected chi connectivity index (χ4v) is 2.16. The molecule has 0 heterocycles. The molecular formula is C14H17FO2. The SMILES string of the molecule is Cc1cccc(C(=O)O[C@H]2CCCC[C@@H]2F)c1. The normalized spacial score (nSPS) is 24.4. The second-order valence-corrected chi connectivity index (χ2v) is 4.61. The van der Waals surface area contributed by atoms with E-state index in [1.807, 2.05) is 13.0 Å². The number of carbonyl (C=O) groups excluding carboxylic acids is 1. The Morgan fingerprint density at radius 3 is 2.82 bits per heavy atom. The summed E-state index contributed by atoms with van der Waals surface area (Å²) < 4.78 is 18.8. The van der Waals surface area contributed by atoms with Crippen molar-refractivity contribution >= 4 is 5.97 Å². The molecule has 0 spiro atoms. The van der Waals surface area contributed by atoms with E-state index in [1.165, 1.54) is 0 Å². The summed E-state index contributed by atoms with van der Waals surface area (Å²) in [6.07, 6.45) is 1.41. The van der Waals surface area contributed by atoms with E-state index < -0.39 is 18.2 Å². The molecule has 1 aromatic carbocycles. The van der Waals surface area contributed by atoms with Crippen molar-refractivity contribution in [2.45, 2.75) is 44.9 Å². The van der Waals surface area contributed by atoms with Crippen LogP contribution < -0.4 is 0 Å². The third-order valence-electron chi connectivity index (χ3n) is 3.13. The molecule has 0 saturated heterocycles. The van der Waals surface area contributed by atoms with Crippen LogP contribution in [0.4, 0.5) is 4.39 Å². The van der Waals surface area contributed by atoms with Gasteiger partial charge in [-0.15, -0.1) is 0 Å². The summed E-state index contributed by atoms with van der Waals surface area (Å²) in [5, 5.41) is 0. The van der Waals surface area contributed by atoms with Gasteiger partial charge in [0.05, 0.1) is 5.56 Å². The summed E-state index contributed by atoms with van der Waals surface area (Å²) in [5.41, 5.74) is 1.50. The highest BCUT2D eigenvalue weighted by Crippen LogP contribution is 2.24. The fraction of sp³-hybridized carbons (Fsp3) is 0.500. The van der Waals surface area contributed by atoms with Gasteiger partial charge < -0.3 is 4.74 Å². The molecule has 0 amide bonds. The Hall–Kier alpha value is -1.38. The number of rotatable bonds is 2. The monoisotopic (exact) mass is 236 g/mol. The molecule has 0 radical (unpaired) electrons. The molecule has 1 aliphatic rings.